The largest absolute Gasteiger partial charge is 0.313 e. The molecule has 1 aromatic carbocycles. The predicted molar refractivity (Wildman–Crippen MR) is 95.8 cm³/mol. The van der Waals surface area contributed by atoms with E-state index in [0.717, 1.165) is 23.4 Å². The number of carbonyl (C=O) groups is 4. The summed E-state index contributed by atoms with van der Waals surface area (Å²) in [6.07, 6.45) is 1.28. The van der Waals surface area contributed by atoms with Gasteiger partial charge in [-0.2, -0.15) is 0 Å². The third-order valence-corrected chi connectivity index (χ3v) is 5.63. The van der Waals surface area contributed by atoms with Crippen LogP contribution in [0.15, 0.2) is 18.2 Å². The number of benzene rings is 1. The van der Waals surface area contributed by atoms with Crippen LogP contribution in [0.2, 0.25) is 0 Å². The molecule has 0 aromatic heterocycles. The number of amides is 4. The van der Waals surface area contributed by atoms with Crippen molar-refractivity contribution in [1.29, 1.82) is 0 Å². The summed E-state index contributed by atoms with van der Waals surface area (Å²) < 4.78 is 0. The van der Waals surface area contributed by atoms with E-state index in [1.54, 1.807) is 12.1 Å². The van der Waals surface area contributed by atoms with Gasteiger partial charge in [-0.05, 0) is 37.9 Å². The first-order chi connectivity index (χ1) is 13.0. The van der Waals surface area contributed by atoms with Crippen LogP contribution < -0.4 is 16.0 Å². The maximum absolute atomic E-state index is 13.0. The van der Waals surface area contributed by atoms with Gasteiger partial charge in [-0.1, -0.05) is 12.1 Å². The summed E-state index contributed by atoms with van der Waals surface area (Å²) in [5.74, 6) is -1.90. The van der Waals surface area contributed by atoms with Gasteiger partial charge in [-0.15, -0.1) is 0 Å². The number of hydrogen-bond acceptors (Lipinski definition) is 6. The summed E-state index contributed by atoms with van der Waals surface area (Å²) in [5.41, 5.74) is 1.43. The maximum Gasteiger partial charge on any atom is 0.262 e. The van der Waals surface area contributed by atoms with E-state index in [0.29, 0.717) is 29.8 Å². The van der Waals surface area contributed by atoms with E-state index < -0.39 is 23.8 Å². The number of nitrogens with one attached hydrogen (secondary N) is 3. The van der Waals surface area contributed by atoms with Crippen molar-refractivity contribution in [3.05, 3.63) is 34.9 Å². The molecular weight excluding hydrogens is 348 g/mol. The second kappa shape index (κ2) is 6.86. The highest BCUT2D eigenvalue weighted by atomic mass is 16.2. The Labute approximate surface area is 156 Å². The topological polar surface area (TPSA) is 108 Å². The molecule has 0 bridgehead atoms. The normalized spacial score (nSPS) is 27.9. The molecule has 0 radical (unpaired) electrons. The molecule has 4 amide bonds. The third-order valence-electron chi connectivity index (χ3n) is 5.63. The standard InChI is InChI=1S/C19H22N4O4/c1-10-13(7-8-20-10)21-9-11-3-2-4-12-16(11)19(27)23(18(12)26)14-5-6-15(24)22-17(14)25/h2-4,10,13-14,20-21H,5-9H2,1H3,(H,22,24,25)/t10-,13+,14?/m1/s1. The van der Waals surface area contributed by atoms with Crippen molar-refractivity contribution < 1.29 is 19.2 Å². The van der Waals surface area contributed by atoms with Crippen LogP contribution >= 0.6 is 0 Å². The van der Waals surface area contributed by atoms with Crippen LogP contribution in [0, 0.1) is 0 Å². The molecular formula is C19H22N4O4. The fourth-order valence-corrected chi connectivity index (χ4v) is 4.11. The van der Waals surface area contributed by atoms with E-state index in [-0.39, 0.29) is 18.7 Å². The zero-order chi connectivity index (χ0) is 19.1. The lowest BCUT2D eigenvalue weighted by Gasteiger charge is -2.27. The quantitative estimate of drug-likeness (QED) is 0.641. The van der Waals surface area contributed by atoms with E-state index in [1.165, 1.54) is 0 Å². The number of imide groups is 2. The summed E-state index contributed by atoms with van der Waals surface area (Å²) >= 11 is 0. The number of fused-ring (bicyclic) bond motifs is 1. The number of nitrogens with zero attached hydrogens (tertiary/aromatic N) is 1. The summed E-state index contributed by atoms with van der Waals surface area (Å²) in [5, 5.41) is 9.03. The second-order valence-electron chi connectivity index (χ2n) is 7.31. The Morgan fingerprint density at radius 1 is 1.15 bits per heavy atom. The lowest BCUT2D eigenvalue weighted by atomic mass is 10.0. The van der Waals surface area contributed by atoms with Crippen molar-refractivity contribution >= 4 is 23.6 Å². The van der Waals surface area contributed by atoms with Crippen molar-refractivity contribution in [2.75, 3.05) is 6.54 Å². The Balaban J connectivity index is 1.58. The van der Waals surface area contributed by atoms with Gasteiger partial charge in [-0.25, -0.2) is 0 Å². The van der Waals surface area contributed by atoms with Gasteiger partial charge in [0.1, 0.15) is 6.04 Å². The lowest BCUT2D eigenvalue weighted by Crippen LogP contribution is -2.54. The summed E-state index contributed by atoms with van der Waals surface area (Å²) in [7, 11) is 0. The predicted octanol–water partition coefficient (Wildman–Crippen LogP) is -0.0722. The number of carbonyl (C=O) groups excluding carboxylic acids is 4. The Bertz CT molecular complexity index is 837. The van der Waals surface area contributed by atoms with Gasteiger partial charge in [0.2, 0.25) is 11.8 Å². The van der Waals surface area contributed by atoms with E-state index >= 15 is 0 Å². The SMILES string of the molecule is C[C@H]1NCC[C@@H]1NCc1cccc2c1C(=O)N(C1CCC(=O)NC1=O)C2=O. The molecule has 3 aliphatic rings. The third kappa shape index (κ3) is 3.04. The molecule has 1 unspecified atom stereocenters. The van der Waals surface area contributed by atoms with Crippen molar-refractivity contribution in [2.24, 2.45) is 0 Å². The molecule has 0 saturated carbocycles. The fourth-order valence-electron chi connectivity index (χ4n) is 4.11. The van der Waals surface area contributed by atoms with Crippen LogP contribution in [-0.4, -0.2) is 53.2 Å². The molecule has 3 aliphatic heterocycles. The highest BCUT2D eigenvalue weighted by molar-refractivity contribution is 6.24. The first-order valence-corrected chi connectivity index (χ1v) is 9.27. The molecule has 8 heteroatoms. The maximum atomic E-state index is 13.0. The Kier molecular flexibility index (Phi) is 4.53. The van der Waals surface area contributed by atoms with E-state index in [9.17, 15) is 19.2 Å². The Morgan fingerprint density at radius 2 is 1.96 bits per heavy atom. The van der Waals surface area contributed by atoms with Crippen LogP contribution in [0.25, 0.3) is 0 Å². The first-order valence-electron chi connectivity index (χ1n) is 9.27. The highest BCUT2D eigenvalue weighted by Gasteiger charge is 2.45. The minimum absolute atomic E-state index is 0.116. The highest BCUT2D eigenvalue weighted by Crippen LogP contribution is 2.30. The molecule has 142 valence electrons. The van der Waals surface area contributed by atoms with Crippen molar-refractivity contribution in [2.45, 2.75) is 50.9 Å². The van der Waals surface area contributed by atoms with E-state index in [4.69, 9.17) is 0 Å². The monoisotopic (exact) mass is 370 g/mol. The van der Waals surface area contributed by atoms with Gasteiger partial charge in [0, 0.05) is 25.0 Å². The van der Waals surface area contributed by atoms with Crippen LogP contribution in [-0.2, 0) is 16.1 Å². The van der Waals surface area contributed by atoms with Crippen LogP contribution in [0.4, 0.5) is 0 Å². The minimum atomic E-state index is -0.935. The summed E-state index contributed by atoms with van der Waals surface area (Å²) in [4.78, 5) is 50.4. The van der Waals surface area contributed by atoms with Gasteiger partial charge >= 0.3 is 0 Å². The average Bonchev–Trinajstić information content (AvgIpc) is 3.16. The van der Waals surface area contributed by atoms with E-state index in [2.05, 4.69) is 22.9 Å². The molecule has 27 heavy (non-hydrogen) atoms. The van der Waals surface area contributed by atoms with Crippen LogP contribution in [0.3, 0.4) is 0 Å². The van der Waals surface area contributed by atoms with E-state index in [1.807, 2.05) is 6.07 Å². The molecule has 2 saturated heterocycles. The number of hydrogen-bond donors (Lipinski definition) is 3. The van der Waals surface area contributed by atoms with Gasteiger partial charge in [0.15, 0.2) is 0 Å². The average molecular weight is 370 g/mol. The molecule has 3 N–H and O–H groups in total. The summed E-state index contributed by atoms with van der Waals surface area (Å²) in [6, 6.07) is 4.92. The summed E-state index contributed by atoms with van der Waals surface area (Å²) in [6.45, 7) is 3.54. The van der Waals surface area contributed by atoms with Gasteiger partial charge in [0.05, 0.1) is 11.1 Å². The minimum Gasteiger partial charge on any atom is -0.313 e. The Morgan fingerprint density at radius 3 is 2.67 bits per heavy atom. The number of rotatable bonds is 4. The zero-order valence-corrected chi connectivity index (χ0v) is 15.1. The molecule has 3 atom stereocenters. The van der Waals surface area contributed by atoms with Crippen molar-refractivity contribution in [3.63, 3.8) is 0 Å². The molecule has 8 nitrogen and oxygen atoms in total. The lowest BCUT2D eigenvalue weighted by molar-refractivity contribution is -0.136. The van der Waals surface area contributed by atoms with Gasteiger partial charge < -0.3 is 10.6 Å². The molecule has 4 rings (SSSR count). The van der Waals surface area contributed by atoms with Gasteiger partial charge in [-0.3, -0.25) is 29.4 Å². The molecule has 0 spiro atoms. The molecule has 2 fully saturated rings. The van der Waals surface area contributed by atoms with Crippen molar-refractivity contribution in [3.8, 4) is 0 Å². The fraction of sp³-hybridized carbons (Fsp3) is 0.474. The second-order valence-corrected chi connectivity index (χ2v) is 7.31. The van der Waals surface area contributed by atoms with Crippen LogP contribution in [0.1, 0.15) is 52.5 Å². The molecule has 3 heterocycles. The van der Waals surface area contributed by atoms with Crippen LogP contribution in [0.5, 0.6) is 0 Å². The zero-order valence-electron chi connectivity index (χ0n) is 15.1. The van der Waals surface area contributed by atoms with Crippen molar-refractivity contribution in [1.82, 2.24) is 20.9 Å². The number of piperidine rings is 1. The smallest absolute Gasteiger partial charge is 0.262 e. The Hall–Kier alpha value is -2.58. The molecule has 0 aliphatic carbocycles. The molecule has 1 aromatic rings. The van der Waals surface area contributed by atoms with Gasteiger partial charge in [0.25, 0.3) is 11.8 Å². The first kappa shape index (κ1) is 17.8.